The summed E-state index contributed by atoms with van der Waals surface area (Å²) in [5.41, 5.74) is 6.94. The van der Waals surface area contributed by atoms with Crippen molar-refractivity contribution in [3.05, 3.63) is 34.4 Å². The fourth-order valence-corrected chi connectivity index (χ4v) is 4.91. The molecule has 3 aromatic rings. The molecule has 0 aromatic carbocycles. The van der Waals surface area contributed by atoms with Gasteiger partial charge < -0.3 is 19.9 Å². The molecule has 0 spiro atoms. The number of thiophene rings is 1. The predicted molar refractivity (Wildman–Crippen MR) is 101 cm³/mol. The van der Waals surface area contributed by atoms with Gasteiger partial charge in [-0.15, -0.1) is 21.5 Å². The summed E-state index contributed by atoms with van der Waals surface area (Å²) in [6.45, 7) is 1.72. The minimum Gasteiger partial charge on any atom is -0.459 e. The number of furan rings is 1. The number of amides is 2. The molecule has 8 nitrogen and oxygen atoms in total. The van der Waals surface area contributed by atoms with Gasteiger partial charge in [0.2, 0.25) is 5.91 Å². The Bertz CT molecular complexity index is 993. The number of hydrogen-bond donors (Lipinski definition) is 2. The van der Waals surface area contributed by atoms with Gasteiger partial charge in [0.05, 0.1) is 17.1 Å². The number of carbonyl (C=O) groups excluding carboxylic acids is 2. The highest BCUT2D eigenvalue weighted by Crippen LogP contribution is 2.39. The summed E-state index contributed by atoms with van der Waals surface area (Å²) in [7, 11) is 0. The summed E-state index contributed by atoms with van der Waals surface area (Å²) >= 11 is 2.55. The van der Waals surface area contributed by atoms with Crippen LogP contribution in [0.3, 0.4) is 0 Å². The van der Waals surface area contributed by atoms with Crippen molar-refractivity contribution in [3.63, 3.8) is 0 Å². The number of nitrogens with two attached hydrogens (primary N) is 1. The molecule has 1 aliphatic rings. The standard InChI is InChI=1S/C17H16N4O4S2/c1-8(26-17-21-20-15(25-17)10-5-3-7-24-10)14(23)19-16-12(13(18)22)9-4-2-6-11(9)27-16/h3,5,7-8H,2,4,6H2,1H3,(H2,18,22)(H,19,23)/t8-/m1/s1. The monoisotopic (exact) mass is 404 g/mol. The number of anilines is 1. The first-order valence-corrected chi connectivity index (χ1v) is 10.0. The molecule has 4 rings (SSSR count). The lowest BCUT2D eigenvalue weighted by Crippen LogP contribution is -2.24. The second-order valence-electron chi connectivity index (χ2n) is 6.03. The van der Waals surface area contributed by atoms with Gasteiger partial charge in [0, 0.05) is 4.88 Å². The van der Waals surface area contributed by atoms with Crippen LogP contribution in [0.1, 0.15) is 34.1 Å². The Balaban J connectivity index is 1.45. The van der Waals surface area contributed by atoms with Crippen molar-refractivity contribution in [2.24, 2.45) is 5.73 Å². The van der Waals surface area contributed by atoms with Crippen molar-refractivity contribution in [2.75, 3.05) is 5.32 Å². The van der Waals surface area contributed by atoms with E-state index < -0.39 is 11.2 Å². The first-order valence-electron chi connectivity index (χ1n) is 8.32. The molecule has 0 saturated heterocycles. The van der Waals surface area contributed by atoms with E-state index in [0.717, 1.165) is 41.5 Å². The molecule has 3 heterocycles. The smallest absolute Gasteiger partial charge is 0.284 e. The molecule has 3 N–H and O–H groups in total. The molecule has 0 unspecified atom stereocenters. The highest BCUT2D eigenvalue weighted by Gasteiger charge is 2.27. The molecule has 140 valence electrons. The largest absolute Gasteiger partial charge is 0.459 e. The number of nitrogens with zero attached hydrogens (tertiary/aromatic N) is 2. The van der Waals surface area contributed by atoms with E-state index in [4.69, 9.17) is 14.6 Å². The van der Waals surface area contributed by atoms with Gasteiger partial charge >= 0.3 is 0 Å². The van der Waals surface area contributed by atoms with Gasteiger partial charge in [-0.05, 0) is 43.9 Å². The lowest BCUT2D eigenvalue weighted by molar-refractivity contribution is -0.115. The fourth-order valence-electron chi connectivity index (χ4n) is 2.93. The number of primary amides is 1. The second kappa shape index (κ2) is 7.20. The summed E-state index contributed by atoms with van der Waals surface area (Å²) in [5.74, 6) is -0.0587. The molecule has 27 heavy (non-hydrogen) atoms. The quantitative estimate of drug-likeness (QED) is 0.605. The number of aryl methyl sites for hydroxylation is 1. The maximum atomic E-state index is 12.6. The minimum absolute atomic E-state index is 0.251. The summed E-state index contributed by atoms with van der Waals surface area (Å²) in [4.78, 5) is 25.5. The zero-order chi connectivity index (χ0) is 19.0. The van der Waals surface area contributed by atoms with Crippen molar-refractivity contribution >= 4 is 39.9 Å². The van der Waals surface area contributed by atoms with Crippen LogP contribution in [0, 0.1) is 0 Å². The predicted octanol–water partition coefficient (Wildman–Crippen LogP) is 3.10. The Hall–Kier alpha value is -2.59. The molecular formula is C17H16N4O4S2. The first-order chi connectivity index (χ1) is 13.0. The van der Waals surface area contributed by atoms with Crippen molar-refractivity contribution in [1.29, 1.82) is 0 Å². The molecule has 0 aliphatic heterocycles. The summed E-state index contributed by atoms with van der Waals surface area (Å²) in [6, 6.07) is 3.43. The van der Waals surface area contributed by atoms with Crippen LogP contribution in [0.15, 0.2) is 32.5 Å². The fraction of sp³-hybridized carbons (Fsp3) is 0.294. The van der Waals surface area contributed by atoms with Crippen LogP contribution in [-0.2, 0) is 17.6 Å². The molecular weight excluding hydrogens is 388 g/mol. The second-order valence-corrected chi connectivity index (χ2v) is 8.42. The topological polar surface area (TPSA) is 124 Å². The third-order valence-corrected chi connectivity index (χ3v) is 6.33. The lowest BCUT2D eigenvalue weighted by Gasteiger charge is -2.10. The Labute approximate surface area is 162 Å². The average molecular weight is 404 g/mol. The molecule has 2 amide bonds. The number of thioether (sulfide) groups is 1. The van der Waals surface area contributed by atoms with Crippen molar-refractivity contribution < 1.29 is 18.4 Å². The number of nitrogens with one attached hydrogen (secondary N) is 1. The normalized spacial score (nSPS) is 14.1. The van der Waals surface area contributed by atoms with Gasteiger partial charge in [-0.25, -0.2) is 0 Å². The van der Waals surface area contributed by atoms with E-state index in [-0.39, 0.29) is 17.0 Å². The number of fused-ring (bicyclic) bond motifs is 1. The van der Waals surface area contributed by atoms with Gasteiger partial charge in [-0.1, -0.05) is 11.8 Å². The minimum atomic E-state index is -0.509. The zero-order valence-electron chi connectivity index (χ0n) is 14.4. The molecule has 0 fully saturated rings. The SMILES string of the molecule is C[C@@H](Sc1nnc(-c2ccco2)o1)C(=O)Nc1sc2c(c1C(N)=O)CCC2. The van der Waals surface area contributed by atoms with Crippen LogP contribution in [0.4, 0.5) is 5.00 Å². The third-order valence-electron chi connectivity index (χ3n) is 4.19. The van der Waals surface area contributed by atoms with Crippen LogP contribution in [0.25, 0.3) is 11.7 Å². The van der Waals surface area contributed by atoms with Crippen molar-refractivity contribution in [2.45, 2.75) is 36.7 Å². The van der Waals surface area contributed by atoms with E-state index >= 15 is 0 Å². The number of aromatic nitrogens is 2. The maximum Gasteiger partial charge on any atom is 0.284 e. The van der Waals surface area contributed by atoms with Crippen LogP contribution in [0.5, 0.6) is 0 Å². The summed E-state index contributed by atoms with van der Waals surface area (Å²) < 4.78 is 10.7. The molecule has 0 saturated carbocycles. The third kappa shape index (κ3) is 3.50. The summed E-state index contributed by atoms with van der Waals surface area (Å²) in [6.07, 6.45) is 4.26. The van der Waals surface area contributed by atoms with E-state index in [1.165, 1.54) is 17.6 Å². The molecule has 0 bridgehead atoms. The van der Waals surface area contributed by atoms with Gasteiger partial charge in [0.15, 0.2) is 5.76 Å². The highest BCUT2D eigenvalue weighted by atomic mass is 32.2. The van der Waals surface area contributed by atoms with Gasteiger partial charge in [0.25, 0.3) is 17.0 Å². The molecule has 10 heteroatoms. The number of hydrogen-bond acceptors (Lipinski definition) is 8. The molecule has 1 aliphatic carbocycles. The maximum absolute atomic E-state index is 12.6. The van der Waals surface area contributed by atoms with E-state index in [1.54, 1.807) is 19.1 Å². The number of carbonyl (C=O) groups is 2. The van der Waals surface area contributed by atoms with E-state index in [1.807, 2.05) is 0 Å². The van der Waals surface area contributed by atoms with E-state index in [0.29, 0.717) is 16.3 Å². The van der Waals surface area contributed by atoms with Crippen LogP contribution < -0.4 is 11.1 Å². The Morgan fingerprint density at radius 3 is 2.96 bits per heavy atom. The molecule has 1 atom stereocenters. The van der Waals surface area contributed by atoms with Crippen LogP contribution in [-0.4, -0.2) is 27.3 Å². The Kier molecular flexibility index (Phi) is 4.75. The molecule has 0 radical (unpaired) electrons. The first kappa shape index (κ1) is 17.8. The average Bonchev–Trinajstić information content (AvgIpc) is 3.38. The lowest BCUT2D eigenvalue weighted by atomic mass is 10.1. The van der Waals surface area contributed by atoms with Gasteiger partial charge in [0.1, 0.15) is 5.00 Å². The highest BCUT2D eigenvalue weighted by molar-refractivity contribution is 8.00. The zero-order valence-corrected chi connectivity index (χ0v) is 16.0. The van der Waals surface area contributed by atoms with Crippen LogP contribution in [0.2, 0.25) is 0 Å². The van der Waals surface area contributed by atoms with Crippen molar-refractivity contribution in [1.82, 2.24) is 10.2 Å². The number of rotatable bonds is 6. The van der Waals surface area contributed by atoms with Gasteiger partial charge in [-0.2, -0.15) is 0 Å². The van der Waals surface area contributed by atoms with Gasteiger partial charge in [-0.3, -0.25) is 9.59 Å². The van der Waals surface area contributed by atoms with E-state index in [2.05, 4.69) is 15.5 Å². The van der Waals surface area contributed by atoms with Crippen molar-refractivity contribution in [3.8, 4) is 11.7 Å². The Morgan fingerprint density at radius 1 is 1.37 bits per heavy atom. The van der Waals surface area contributed by atoms with Crippen LogP contribution >= 0.6 is 23.1 Å². The Morgan fingerprint density at radius 2 is 2.22 bits per heavy atom. The molecule has 3 aromatic heterocycles. The summed E-state index contributed by atoms with van der Waals surface area (Å²) in [5, 5.41) is 10.9. The van der Waals surface area contributed by atoms with E-state index in [9.17, 15) is 9.59 Å².